The Labute approximate surface area is 165 Å². The second kappa shape index (κ2) is 6.32. The Balaban J connectivity index is 1.41. The van der Waals surface area contributed by atoms with E-state index in [0.29, 0.717) is 12.2 Å². The molecule has 136 valence electrons. The summed E-state index contributed by atoms with van der Waals surface area (Å²) < 4.78 is 0.921. The molecule has 1 fully saturated rings. The van der Waals surface area contributed by atoms with Crippen molar-refractivity contribution in [3.8, 4) is 0 Å². The number of anilines is 1. The largest absolute Gasteiger partial charge is 0.357 e. The van der Waals surface area contributed by atoms with Crippen molar-refractivity contribution in [3.05, 3.63) is 64.3 Å². The van der Waals surface area contributed by atoms with Crippen LogP contribution in [0.4, 0.5) is 5.69 Å². The lowest BCUT2D eigenvalue weighted by molar-refractivity contribution is -0.123. The van der Waals surface area contributed by atoms with Crippen LogP contribution < -0.4 is 4.90 Å². The minimum absolute atomic E-state index is 0.123. The molecule has 5 nitrogen and oxygen atoms in total. The van der Waals surface area contributed by atoms with Crippen LogP contribution in [0.25, 0.3) is 10.9 Å². The lowest BCUT2D eigenvalue weighted by Crippen LogP contribution is -2.44. The van der Waals surface area contributed by atoms with E-state index in [2.05, 4.69) is 44.0 Å². The maximum Gasteiger partial charge on any atom is 0.251 e. The third kappa shape index (κ3) is 2.71. The Morgan fingerprint density at radius 3 is 2.63 bits per heavy atom. The molecule has 0 radical (unpaired) electrons. The van der Waals surface area contributed by atoms with Crippen molar-refractivity contribution in [3.63, 3.8) is 0 Å². The van der Waals surface area contributed by atoms with Gasteiger partial charge in [0.1, 0.15) is 0 Å². The quantitative estimate of drug-likeness (QED) is 0.640. The maximum absolute atomic E-state index is 13.0. The Hall–Kier alpha value is -2.44. The van der Waals surface area contributed by atoms with Gasteiger partial charge in [-0.05, 0) is 42.3 Å². The molecule has 0 spiro atoms. The Morgan fingerprint density at radius 1 is 1.04 bits per heavy atom. The third-order valence-electron chi connectivity index (χ3n) is 5.56. The number of para-hydroxylation sites is 1. The molecule has 1 N–H and O–H groups in total. The lowest BCUT2D eigenvalue weighted by Gasteiger charge is -2.30. The molecule has 2 amide bonds. The van der Waals surface area contributed by atoms with Gasteiger partial charge in [-0.3, -0.25) is 14.5 Å². The average Bonchev–Trinajstić information content (AvgIpc) is 3.19. The minimum atomic E-state index is -0.388. The van der Waals surface area contributed by atoms with Gasteiger partial charge in [-0.2, -0.15) is 0 Å². The van der Waals surface area contributed by atoms with Crippen LogP contribution in [0.2, 0.25) is 0 Å². The zero-order chi connectivity index (χ0) is 18.5. The van der Waals surface area contributed by atoms with Crippen molar-refractivity contribution in [1.82, 2.24) is 9.88 Å². The van der Waals surface area contributed by atoms with Gasteiger partial charge in [0.05, 0.1) is 18.2 Å². The topological polar surface area (TPSA) is 56.4 Å². The SMILES string of the molecule is O=C1C[C@H](N2CCc3c([nH]c4ccccc34)C2)C(=O)N1c1ccc(Br)cc1. The molecule has 3 aromatic rings. The first-order valence-electron chi connectivity index (χ1n) is 9.07. The molecule has 6 heteroatoms. The van der Waals surface area contributed by atoms with E-state index in [1.807, 2.05) is 18.2 Å². The number of nitrogens with one attached hydrogen (secondary N) is 1. The van der Waals surface area contributed by atoms with Gasteiger partial charge in [0.2, 0.25) is 5.91 Å². The van der Waals surface area contributed by atoms with Crippen molar-refractivity contribution in [1.29, 1.82) is 0 Å². The fourth-order valence-electron chi connectivity index (χ4n) is 4.24. The molecule has 27 heavy (non-hydrogen) atoms. The highest BCUT2D eigenvalue weighted by molar-refractivity contribution is 9.10. The highest BCUT2D eigenvalue weighted by Gasteiger charge is 2.43. The monoisotopic (exact) mass is 423 g/mol. The van der Waals surface area contributed by atoms with Crippen molar-refractivity contribution < 1.29 is 9.59 Å². The van der Waals surface area contributed by atoms with Crippen LogP contribution in [-0.4, -0.2) is 34.3 Å². The van der Waals surface area contributed by atoms with Crippen molar-refractivity contribution in [2.75, 3.05) is 11.4 Å². The molecule has 0 bridgehead atoms. The highest BCUT2D eigenvalue weighted by Crippen LogP contribution is 2.32. The summed E-state index contributed by atoms with van der Waals surface area (Å²) in [7, 11) is 0. The summed E-state index contributed by atoms with van der Waals surface area (Å²) in [6.07, 6.45) is 1.13. The van der Waals surface area contributed by atoms with Gasteiger partial charge in [0, 0.05) is 34.2 Å². The van der Waals surface area contributed by atoms with Crippen LogP contribution in [0.5, 0.6) is 0 Å². The molecule has 2 aliphatic rings. The minimum Gasteiger partial charge on any atom is -0.357 e. The zero-order valence-corrected chi connectivity index (χ0v) is 16.2. The molecule has 1 aromatic heterocycles. The van der Waals surface area contributed by atoms with E-state index < -0.39 is 0 Å². The molecule has 1 saturated heterocycles. The maximum atomic E-state index is 13.0. The summed E-state index contributed by atoms with van der Waals surface area (Å²) in [5.74, 6) is -0.253. The number of carbonyl (C=O) groups excluding carboxylic acids is 2. The fraction of sp³-hybridized carbons (Fsp3) is 0.238. The first-order valence-corrected chi connectivity index (χ1v) is 9.86. The summed E-state index contributed by atoms with van der Waals surface area (Å²) in [5.41, 5.74) is 4.27. The van der Waals surface area contributed by atoms with Crippen LogP contribution in [-0.2, 0) is 22.6 Å². The first kappa shape index (κ1) is 16.7. The van der Waals surface area contributed by atoms with Crippen LogP contribution in [0.15, 0.2) is 53.0 Å². The van der Waals surface area contributed by atoms with Gasteiger partial charge < -0.3 is 4.98 Å². The molecule has 5 rings (SSSR count). The van der Waals surface area contributed by atoms with Gasteiger partial charge in [-0.15, -0.1) is 0 Å². The summed E-state index contributed by atoms with van der Waals surface area (Å²) in [6.45, 7) is 1.45. The number of amides is 2. The number of rotatable bonds is 2. The fourth-order valence-corrected chi connectivity index (χ4v) is 4.51. The Morgan fingerprint density at radius 2 is 1.81 bits per heavy atom. The van der Waals surface area contributed by atoms with Crippen LogP contribution in [0.3, 0.4) is 0 Å². The summed E-state index contributed by atoms with van der Waals surface area (Å²) >= 11 is 3.39. The predicted octanol–water partition coefficient (Wildman–Crippen LogP) is 3.62. The summed E-state index contributed by atoms with van der Waals surface area (Å²) in [5, 5.41) is 1.26. The lowest BCUT2D eigenvalue weighted by atomic mass is 10.0. The number of aromatic nitrogens is 1. The van der Waals surface area contributed by atoms with Crippen molar-refractivity contribution in [2.45, 2.75) is 25.4 Å². The number of benzene rings is 2. The number of carbonyl (C=O) groups is 2. The average molecular weight is 424 g/mol. The van der Waals surface area contributed by atoms with E-state index in [0.717, 1.165) is 28.6 Å². The molecule has 1 atom stereocenters. The number of halogens is 1. The second-order valence-corrected chi connectivity index (χ2v) is 8.03. The van der Waals surface area contributed by atoms with E-state index in [4.69, 9.17) is 0 Å². The molecule has 3 heterocycles. The van der Waals surface area contributed by atoms with E-state index in [1.165, 1.54) is 15.8 Å². The van der Waals surface area contributed by atoms with Gasteiger partial charge >= 0.3 is 0 Å². The number of fused-ring (bicyclic) bond motifs is 3. The molecular weight excluding hydrogens is 406 g/mol. The van der Waals surface area contributed by atoms with Gasteiger partial charge in [0.25, 0.3) is 5.91 Å². The normalized spacial score (nSPS) is 20.5. The number of hydrogen-bond acceptors (Lipinski definition) is 3. The Bertz CT molecular complexity index is 1060. The number of imide groups is 1. The van der Waals surface area contributed by atoms with Crippen molar-refractivity contribution in [2.24, 2.45) is 0 Å². The molecule has 2 aliphatic heterocycles. The highest BCUT2D eigenvalue weighted by atomic mass is 79.9. The smallest absolute Gasteiger partial charge is 0.251 e. The van der Waals surface area contributed by atoms with E-state index >= 15 is 0 Å². The summed E-state index contributed by atoms with van der Waals surface area (Å²) in [6, 6.07) is 15.2. The second-order valence-electron chi connectivity index (χ2n) is 7.11. The Kier molecular flexibility index (Phi) is 3.91. The number of aromatic amines is 1. The number of H-pyrrole nitrogens is 1. The van der Waals surface area contributed by atoms with E-state index in [1.54, 1.807) is 12.1 Å². The van der Waals surface area contributed by atoms with Gasteiger partial charge in [-0.1, -0.05) is 34.1 Å². The first-order chi connectivity index (χ1) is 13.1. The molecule has 0 aliphatic carbocycles. The number of nitrogens with zero attached hydrogens (tertiary/aromatic N) is 2. The third-order valence-corrected chi connectivity index (χ3v) is 6.09. The van der Waals surface area contributed by atoms with Crippen molar-refractivity contribution >= 4 is 44.3 Å². The predicted molar refractivity (Wildman–Crippen MR) is 107 cm³/mol. The standard InChI is InChI=1S/C21H18BrN3O2/c22-13-5-7-14(8-6-13)25-20(26)11-19(21(25)27)24-10-9-16-15-3-1-2-4-17(15)23-18(16)12-24/h1-8,19,23H,9-12H2/t19-/m0/s1. The van der Waals surface area contributed by atoms with Gasteiger partial charge in [0.15, 0.2) is 0 Å². The molecule has 0 saturated carbocycles. The zero-order valence-electron chi connectivity index (χ0n) is 14.6. The number of hydrogen-bond donors (Lipinski definition) is 1. The summed E-state index contributed by atoms with van der Waals surface area (Å²) in [4.78, 5) is 32.5. The molecule has 0 unspecified atom stereocenters. The van der Waals surface area contributed by atoms with Gasteiger partial charge in [-0.25, -0.2) is 4.90 Å². The van der Waals surface area contributed by atoms with Crippen LogP contribution in [0, 0.1) is 0 Å². The van der Waals surface area contributed by atoms with Crippen LogP contribution >= 0.6 is 15.9 Å². The van der Waals surface area contributed by atoms with Crippen LogP contribution in [0.1, 0.15) is 17.7 Å². The molecule has 2 aromatic carbocycles. The van der Waals surface area contributed by atoms with E-state index in [-0.39, 0.29) is 24.3 Å². The molecular formula is C21H18BrN3O2. The van der Waals surface area contributed by atoms with E-state index in [9.17, 15) is 9.59 Å².